The minimum Gasteiger partial charge on any atom is -0.462 e. The van der Waals surface area contributed by atoms with Crippen molar-refractivity contribution in [3.05, 3.63) is 107 Å². The first kappa shape index (κ1) is 23.5. The Bertz CT molecular complexity index is 1660. The first-order chi connectivity index (χ1) is 17.9. The maximum atomic E-state index is 13.0. The van der Waals surface area contributed by atoms with Crippen molar-refractivity contribution in [2.75, 3.05) is 17.7 Å². The number of para-hydroxylation sites is 1. The second-order valence-electron chi connectivity index (χ2n) is 8.06. The van der Waals surface area contributed by atoms with Gasteiger partial charge in [-0.1, -0.05) is 30.3 Å². The standard InChI is InChI=1S/C27H22N6O4/c1-2-37-26(35)19-10-8-18(9-11-19)25(34)29-20-14-12-17(13-15-20)22-16-32-24(23(28)30-22)31-33(27(32)36)21-6-4-3-5-7-21/h3-16H,2H2,1H3,(H2,28,30)(H,29,34). The van der Waals surface area contributed by atoms with E-state index in [0.717, 1.165) is 0 Å². The lowest BCUT2D eigenvalue weighted by Crippen LogP contribution is -2.19. The molecule has 0 unspecified atom stereocenters. The highest BCUT2D eigenvalue weighted by Crippen LogP contribution is 2.22. The summed E-state index contributed by atoms with van der Waals surface area (Å²) in [5.41, 5.74) is 9.15. The number of benzene rings is 3. The number of nitrogens with one attached hydrogen (secondary N) is 1. The van der Waals surface area contributed by atoms with E-state index >= 15 is 0 Å². The molecule has 0 aliphatic rings. The fraction of sp³-hybridized carbons (Fsp3) is 0.0741. The SMILES string of the molecule is CCOC(=O)c1ccc(C(=O)Nc2ccc(-c3cn4c(=O)n(-c5ccccc5)nc4c(N)n3)cc2)cc1. The molecule has 2 heterocycles. The van der Waals surface area contributed by atoms with Crippen LogP contribution in [0.4, 0.5) is 11.5 Å². The number of aromatic nitrogens is 4. The number of hydrogen-bond donors (Lipinski definition) is 2. The molecule has 37 heavy (non-hydrogen) atoms. The zero-order chi connectivity index (χ0) is 25.9. The molecule has 0 atom stereocenters. The maximum Gasteiger partial charge on any atom is 0.355 e. The normalized spacial score (nSPS) is 10.8. The van der Waals surface area contributed by atoms with E-state index in [0.29, 0.717) is 33.8 Å². The Morgan fingerprint density at radius 1 is 0.946 bits per heavy atom. The van der Waals surface area contributed by atoms with Gasteiger partial charge in [-0.05, 0) is 55.5 Å². The Morgan fingerprint density at radius 3 is 2.30 bits per heavy atom. The van der Waals surface area contributed by atoms with E-state index in [-0.39, 0.29) is 29.7 Å². The van der Waals surface area contributed by atoms with Crippen LogP contribution in [0.1, 0.15) is 27.6 Å². The third-order valence-electron chi connectivity index (χ3n) is 5.63. The quantitative estimate of drug-likeness (QED) is 0.345. The minimum atomic E-state index is -0.438. The molecule has 2 aromatic heterocycles. The van der Waals surface area contributed by atoms with Gasteiger partial charge >= 0.3 is 11.7 Å². The molecule has 10 nitrogen and oxygen atoms in total. The number of ether oxygens (including phenoxy) is 1. The van der Waals surface area contributed by atoms with Gasteiger partial charge in [0.2, 0.25) is 5.65 Å². The average Bonchev–Trinajstić information content (AvgIpc) is 3.26. The van der Waals surface area contributed by atoms with Gasteiger partial charge in [0.05, 0.1) is 23.6 Å². The predicted molar refractivity (Wildman–Crippen MR) is 139 cm³/mol. The van der Waals surface area contributed by atoms with Crippen LogP contribution < -0.4 is 16.7 Å². The number of carbonyl (C=O) groups is 2. The van der Waals surface area contributed by atoms with Crippen molar-refractivity contribution in [2.45, 2.75) is 6.92 Å². The van der Waals surface area contributed by atoms with E-state index < -0.39 is 5.97 Å². The number of esters is 1. The molecule has 0 spiro atoms. The zero-order valence-electron chi connectivity index (χ0n) is 19.8. The Hall–Kier alpha value is -5.25. The van der Waals surface area contributed by atoms with E-state index in [1.54, 1.807) is 73.8 Å². The average molecular weight is 495 g/mol. The van der Waals surface area contributed by atoms with Crippen LogP contribution >= 0.6 is 0 Å². The summed E-state index contributed by atoms with van der Waals surface area (Å²) in [6.07, 6.45) is 1.58. The maximum absolute atomic E-state index is 13.0. The molecule has 5 rings (SSSR count). The summed E-state index contributed by atoms with van der Waals surface area (Å²) < 4.78 is 7.59. The number of nitrogens with two attached hydrogens (primary N) is 1. The molecule has 3 N–H and O–H groups in total. The minimum absolute atomic E-state index is 0.118. The second kappa shape index (κ2) is 9.78. The molecule has 3 aromatic carbocycles. The number of carbonyl (C=O) groups excluding carboxylic acids is 2. The molecule has 0 aliphatic heterocycles. The number of rotatable bonds is 6. The van der Waals surface area contributed by atoms with Crippen LogP contribution in [-0.2, 0) is 4.74 Å². The highest BCUT2D eigenvalue weighted by atomic mass is 16.5. The number of amides is 1. The van der Waals surface area contributed by atoms with E-state index in [2.05, 4.69) is 15.4 Å². The van der Waals surface area contributed by atoms with Crippen LogP contribution in [0, 0.1) is 0 Å². The zero-order valence-corrected chi connectivity index (χ0v) is 19.8. The Labute approximate surface area is 211 Å². The predicted octanol–water partition coefficient (Wildman–Crippen LogP) is 3.56. The van der Waals surface area contributed by atoms with Gasteiger partial charge in [-0.25, -0.2) is 19.0 Å². The summed E-state index contributed by atoms with van der Waals surface area (Å²) in [4.78, 5) is 41.8. The molecule has 0 fully saturated rings. The number of anilines is 2. The summed E-state index contributed by atoms with van der Waals surface area (Å²) >= 11 is 0. The van der Waals surface area contributed by atoms with Crippen LogP contribution in [0.15, 0.2) is 89.9 Å². The Balaban J connectivity index is 1.36. The number of nitrogens with zero attached hydrogens (tertiary/aromatic N) is 4. The van der Waals surface area contributed by atoms with Gasteiger partial charge < -0.3 is 15.8 Å². The smallest absolute Gasteiger partial charge is 0.355 e. The molecule has 0 radical (unpaired) electrons. The van der Waals surface area contributed by atoms with Gasteiger partial charge in [-0.2, -0.15) is 4.68 Å². The van der Waals surface area contributed by atoms with Crippen LogP contribution in [0.25, 0.3) is 22.6 Å². The van der Waals surface area contributed by atoms with Crippen LogP contribution in [-0.4, -0.2) is 37.6 Å². The monoisotopic (exact) mass is 494 g/mol. The van der Waals surface area contributed by atoms with Crippen LogP contribution in [0.2, 0.25) is 0 Å². The molecule has 10 heteroatoms. The third-order valence-corrected chi connectivity index (χ3v) is 5.63. The van der Waals surface area contributed by atoms with Gasteiger partial charge in [-0.15, -0.1) is 5.10 Å². The lowest BCUT2D eigenvalue weighted by atomic mass is 10.1. The summed E-state index contributed by atoms with van der Waals surface area (Å²) in [6.45, 7) is 2.01. The van der Waals surface area contributed by atoms with Crippen molar-refractivity contribution in [1.82, 2.24) is 19.2 Å². The van der Waals surface area contributed by atoms with Crippen LogP contribution in [0.5, 0.6) is 0 Å². The van der Waals surface area contributed by atoms with E-state index in [4.69, 9.17) is 10.5 Å². The first-order valence-corrected chi connectivity index (χ1v) is 11.5. The lowest BCUT2D eigenvalue weighted by molar-refractivity contribution is 0.0526. The molecule has 184 valence electrons. The summed E-state index contributed by atoms with van der Waals surface area (Å²) in [5, 5.41) is 7.14. The van der Waals surface area contributed by atoms with Gasteiger partial charge in [0.15, 0.2) is 5.82 Å². The molecule has 5 aromatic rings. The highest BCUT2D eigenvalue weighted by Gasteiger charge is 2.15. The molecule has 0 saturated heterocycles. The molecule has 0 aliphatic carbocycles. The van der Waals surface area contributed by atoms with Gasteiger partial charge in [0, 0.05) is 23.0 Å². The van der Waals surface area contributed by atoms with Gasteiger partial charge in [-0.3, -0.25) is 4.79 Å². The summed E-state index contributed by atoms with van der Waals surface area (Å²) in [6, 6.07) is 22.2. The topological polar surface area (TPSA) is 134 Å². The molecule has 1 amide bonds. The summed E-state index contributed by atoms with van der Waals surface area (Å²) in [5.74, 6) is -0.646. The second-order valence-corrected chi connectivity index (χ2v) is 8.06. The van der Waals surface area contributed by atoms with Crippen molar-refractivity contribution >= 4 is 29.0 Å². The molecular weight excluding hydrogens is 472 g/mol. The number of fused-ring (bicyclic) bond motifs is 1. The van der Waals surface area contributed by atoms with Crippen molar-refractivity contribution in [3.8, 4) is 16.9 Å². The van der Waals surface area contributed by atoms with Crippen molar-refractivity contribution in [1.29, 1.82) is 0 Å². The van der Waals surface area contributed by atoms with Gasteiger partial charge in [0.25, 0.3) is 5.91 Å². The molecule has 0 saturated carbocycles. The lowest BCUT2D eigenvalue weighted by Gasteiger charge is -2.08. The van der Waals surface area contributed by atoms with Crippen LogP contribution in [0.3, 0.4) is 0 Å². The number of hydrogen-bond acceptors (Lipinski definition) is 7. The third kappa shape index (κ3) is 4.67. The fourth-order valence-electron chi connectivity index (χ4n) is 3.78. The van der Waals surface area contributed by atoms with Crippen molar-refractivity contribution < 1.29 is 14.3 Å². The summed E-state index contributed by atoms with van der Waals surface area (Å²) in [7, 11) is 0. The van der Waals surface area contributed by atoms with Gasteiger partial charge in [0.1, 0.15) is 0 Å². The van der Waals surface area contributed by atoms with Crippen molar-refractivity contribution in [2.24, 2.45) is 0 Å². The highest BCUT2D eigenvalue weighted by molar-refractivity contribution is 6.04. The van der Waals surface area contributed by atoms with E-state index in [9.17, 15) is 14.4 Å². The Kier molecular flexibility index (Phi) is 6.21. The first-order valence-electron chi connectivity index (χ1n) is 11.5. The number of nitrogen functional groups attached to an aromatic ring is 1. The molecular formula is C27H22N6O4. The Morgan fingerprint density at radius 2 is 1.62 bits per heavy atom. The van der Waals surface area contributed by atoms with E-state index in [1.807, 2.05) is 18.2 Å². The largest absolute Gasteiger partial charge is 0.462 e. The van der Waals surface area contributed by atoms with E-state index in [1.165, 1.54) is 9.08 Å². The fourth-order valence-corrected chi connectivity index (χ4v) is 3.78. The van der Waals surface area contributed by atoms with Crippen molar-refractivity contribution in [3.63, 3.8) is 0 Å². The molecule has 0 bridgehead atoms.